The number of ether oxygens (including phenoxy) is 2. The van der Waals surface area contributed by atoms with Crippen LogP contribution >= 0.6 is 0 Å². The first kappa shape index (κ1) is 21.1. The van der Waals surface area contributed by atoms with E-state index in [9.17, 15) is 14.4 Å². The molecular weight excluding hydrogens is 360 g/mol. The molecule has 0 radical (unpaired) electrons. The molecule has 0 saturated carbocycles. The average Bonchev–Trinajstić information content (AvgIpc) is 2.74. The summed E-state index contributed by atoms with van der Waals surface area (Å²) in [6.07, 6.45) is 0.676. The fourth-order valence-corrected chi connectivity index (χ4v) is 2.39. The Bertz CT molecular complexity index is 775. The van der Waals surface area contributed by atoms with Gasteiger partial charge in [0.05, 0.1) is 0 Å². The Morgan fingerprint density at radius 2 is 1.57 bits per heavy atom. The molecular formula is C21H24N2O5. The molecule has 0 heterocycles. The molecule has 0 aliphatic carbocycles. The number of nitrogens with one attached hydrogen (secondary N) is 2. The van der Waals surface area contributed by atoms with Crippen LogP contribution in [0.3, 0.4) is 0 Å². The van der Waals surface area contributed by atoms with Crippen LogP contribution in [-0.2, 0) is 19.1 Å². The van der Waals surface area contributed by atoms with E-state index in [4.69, 9.17) is 9.47 Å². The van der Waals surface area contributed by atoms with Gasteiger partial charge in [0.25, 0.3) is 11.8 Å². The van der Waals surface area contributed by atoms with Gasteiger partial charge in [0, 0.05) is 25.8 Å². The number of benzene rings is 2. The molecule has 148 valence electrons. The largest absolute Gasteiger partial charge is 0.454 e. The second kappa shape index (κ2) is 11.5. The number of hydrogen-bond acceptors (Lipinski definition) is 5. The molecule has 0 fully saturated rings. The van der Waals surface area contributed by atoms with E-state index in [2.05, 4.69) is 10.6 Å². The van der Waals surface area contributed by atoms with Crippen LogP contribution in [0.4, 0.5) is 0 Å². The normalized spacial score (nSPS) is 10.2. The maximum absolute atomic E-state index is 12.1. The fraction of sp³-hybridized carbons (Fsp3) is 0.286. The maximum Gasteiger partial charge on any atom is 0.325 e. The van der Waals surface area contributed by atoms with Crippen molar-refractivity contribution in [3.8, 4) is 11.1 Å². The van der Waals surface area contributed by atoms with Crippen molar-refractivity contribution in [1.82, 2.24) is 10.6 Å². The van der Waals surface area contributed by atoms with Crippen molar-refractivity contribution in [2.75, 3.05) is 33.4 Å². The van der Waals surface area contributed by atoms with Gasteiger partial charge in [-0.1, -0.05) is 42.5 Å². The molecule has 0 aromatic heterocycles. The molecule has 0 spiro atoms. The van der Waals surface area contributed by atoms with Gasteiger partial charge in [0.15, 0.2) is 6.61 Å². The summed E-state index contributed by atoms with van der Waals surface area (Å²) in [4.78, 5) is 35.3. The zero-order valence-corrected chi connectivity index (χ0v) is 15.8. The first-order valence-corrected chi connectivity index (χ1v) is 8.95. The lowest BCUT2D eigenvalue weighted by Crippen LogP contribution is -2.34. The van der Waals surface area contributed by atoms with E-state index in [1.165, 1.54) is 0 Å². The molecule has 2 N–H and O–H groups in total. The Labute approximate surface area is 164 Å². The monoisotopic (exact) mass is 384 g/mol. The van der Waals surface area contributed by atoms with E-state index < -0.39 is 11.9 Å². The van der Waals surface area contributed by atoms with Gasteiger partial charge in [-0.3, -0.25) is 14.4 Å². The molecule has 2 aromatic carbocycles. The molecule has 0 unspecified atom stereocenters. The Morgan fingerprint density at radius 3 is 2.25 bits per heavy atom. The molecule has 7 heteroatoms. The van der Waals surface area contributed by atoms with Gasteiger partial charge in [0.1, 0.15) is 6.54 Å². The number of hydrogen-bond donors (Lipinski definition) is 2. The Morgan fingerprint density at radius 1 is 0.893 bits per heavy atom. The van der Waals surface area contributed by atoms with Crippen LogP contribution in [0.15, 0.2) is 54.6 Å². The lowest BCUT2D eigenvalue weighted by molar-refractivity contribution is -0.147. The van der Waals surface area contributed by atoms with Crippen molar-refractivity contribution in [2.24, 2.45) is 0 Å². The van der Waals surface area contributed by atoms with Crippen LogP contribution in [0.2, 0.25) is 0 Å². The summed E-state index contributed by atoms with van der Waals surface area (Å²) in [7, 11) is 1.58. The minimum absolute atomic E-state index is 0.309. The summed E-state index contributed by atoms with van der Waals surface area (Å²) in [6, 6.07) is 16.9. The van der Waals surface area contributed by atoms with E-state index in [-0.39, 0.29) is 19.1 Å². The number of rotatable bonds is 10. The van der Waals surface area contributed by atoms with E-state index >= 15 is 0 Å². The molecule has 0 atom stereocenters. The summed E-state index contributed by atoms with van der Waals surface area (Å²) in [5, 5.41) is 5.08. The molecule has 2 aromatic rings. The van der Waals surface area contributed by atoms with Gasteiger partial charge in [-0.2, -0.15) is 0 Å². The van der Waals surface area contributed by atoms with Gasteiger partial charge < -0.3 is 20.1 Å². The summed E-state index contributed by atoms with van der Waals surface area (Å²) in [5.74, 6) is -1.46. The third kappa shape index (κ3) is 7.20. The van der Waals surface area contributed by atoms with E-state index in [0.717, 1.165) is 11.1 Å². The third-order valence-electron chi connectivity index (χ3n) is 3.86. The molecule has 2 rings (SSSR count). The number of carbonyl (C=O) groups excluding carboxylic acids is 3. The predicted molar refractivity (Wildman–Crippen MR) is 105 cm³/mol. The molecule has 0 bridgehead atoms. The Kier molecular flexibility index (Phi) is 8.68. The second-order valence-electron chi connectivity index (χ2n) is 5.98. The first-order chi connectivity index (χ1) is 13.6. The fourth-order valence-electron chi connectivity index (χ4n) is 2.39. The number of esters is 1. The van der Waals surface area contributed by atoms with Crippen LogP contribution in [0.25, 0.3) is 11.1 Å². The summed E-state index contributed by atoms with van der Waals surface area (Å²) >= 11 is 0. The Hall–Kier alpha value is -3.19. The number of carbonyl (C=O) groups is 3. The number of methoxy groups -OCH3 is 1. The van der Waals surface area contributed by atoms with Gasteiger partial charge in [-0.15, -0.1) is 0 Å². The summed E-state index contributed by atoms with van der Waals surface area (Å²) in [5.41, 5.74) is 2.48. The standard InChI is InChI=1S/C21H24N2O5/c1-27-13-5-12-22-19(24)15-28-20(25)14-23-21(26)18-10-8-17(9-11-18)16-6-3-2-4-7-16/h2-4,6-11H,5,12-15H2,1H3,(H,22,24)(H,23,26). The van der Waals surface area contributed by atoms with Gasteiger partial charge >= 0.3 is 5.97 Å². The van der Waals surface area contributed by atoms with Crippen molar-refractivity contribution in [1.29, 1.82) is 0 Å². The highest BCUT2D eigenvalue weighted by atomic mass is 16.5. The lowest BCUT2D eigenvalue weighted by Gasteiger charge is -2.08. The summed E-state index contributed by atoms with van der Waals surface area (Å²) in [6.45, 7) is 0.294. The average molecular weight is 384 g/mol. The van der Waals surface area contributed by atoms with Crippen molar-refractivity contribution in [2.45, 2.75) is 6.42 Å². The lowest BCUT2D eigenvalue weighted by atomic mass is 10.0. The van der Waals surface area contributed by atoms with Crippen molar-refractivity contribution in [3.05, 3.63) is 60.2 Å². The highest BCUT2D eigenvalue weighted by Crippen LogP contribution is 2.19. The van der Waals surface area contributed by atoms with Crippen molar-refractivity contribution < 1.29 is 23.9 Å². The van der Waals surface area contributed by atoms with Gasteiger partial charge in [0.2, 0.25) is 0 Å². The van der Waals surface area contributed by atoms with Crippen LogP contribution in [-0.4, -0.2) is 51.2 Å². The molecule has 0 saturated heterocycles. The minimum Gasteiger partial charge on any atom is -0.454 e. The summed E-state index contributed by atoms with van der Waals surface area (Å²) < 4.78 is 9.69. The van der Waals surface area contributed by atoms with Crippen LogP contribution in [0.5, 0.6) is 0 Å². The zero-order valence-electron chi connectivity index (χ0n) is 15.8. The van der Waals surface area contributed by atoms with E-state index in [0.29, 0.717) is 25.1 Å². The van der Waals surface area contributed by atoms with E-state index in [1.807, 2.05) is 42.5 Å². The molecule has 7 nitrogen and oxygen atoms in total. The SMILES string of the molecule is COCCCNC(=O)COC(=O)CNC(=O)c1ccc(-c2ccccc2)cc1. The van der Waals surface area contributed by atoms with Gasteiger partial charge in [-0.05, 0) is 29.7 Å². The minimum atomic E-state index is -0.679. The topological polar surface area (TPSA) is 93.7 Å². The first-order valence-electron chi connectivity index (χ1n) is 8.95. The Balaban J connectivity index is 1.71. The quantitative estimate of drug-likeness (QED) is 0.481. The number of amides is 2. The molecule has 0 aliphatic rings. The van der Waals surface area contributed by atoms with Crippen molar-refractivity contribution >= 4 is 17.8 Å². The molecule has 0 aliphatic heterocycles. The smallest absolute Gasteiger partial charge is 0.325 e. The van der Waals surface area contributed by atoms with Gasteiger partial charge in [-0.25, -0.2) is 0 Å². The zero-order chi connectivity index (χ0) is 20.2. The van der Waals surface area contributed by atoms with Crippen LogP contribution < -0.4 is 10.6 Å². The van der Waals surface area contributed by atoms with Crippen LogP contribution in [0.1, 0.15) is 16.8 Å². The molecule has 28 heavy (non-hydrogen) atoms. The van der Waals surface area contributed by atoms with Crippen molar-refractivity contribution in [3.63, 3.8) is 0 Å². The highest BCUT2D eigenvalue weighted by molar-refractivity contribution is 5.96. The van der Waals surface area contributed by atoms with Crippen LogP contribution in [0, 0.1) is 0 Å². The highest BCUT2D eigenvalue weighted by Gasteiger charge is 2.11. The second-order valence-corrected chi connectivity index (χ2v) is 5.98. The third-order valence-corrected chi connectivity index (χ3v) is 3.86. The predicted octanol–water partition coefficient (Wildman–Crippen LogP) is 1.78. The maximum atomic E-state index is 12.1. The van der Waals surface area contributed by atoms with E-state index in [1.54, 1.807) is 19.2 Å². The molecule has 2 amide bonds.